The third kappa shape index (κ3) is 3.03. The van der Waals surface area contributed by atoms with Crippen molar-refractivity contribution in [1.29, 1.82) is 0 Å². The third-order valence-corrected chi connectivity index (χ3v) is 4.63. The Balaban J connectivity index is 1.81. The van der Waals surface area contributed by atoms with E-state index >= 15 is 0 Å². The van der Waals surface area contributed by atoms with Crippen molar-refractivity contribution in [1.82, 2.24) is 24.7 Å². The van der Waals surface area contributed by atoms with Gasteiger partial charge in [0.25, 0.3) is 5.56 Å². The second kappa shape index (κ2) is 6.48. The van der Waals surface area contributed by atoms with Crippen molar-refractivity contribution in [3.63, 3.8) is 0 Å². The van der Waals surface area contributed by atoms with Crippen LogP contribution in [0.2, 0.25) is 0 Å². The molecule has 25 heavy (non-hydrogen) atoms. The molecule has 0 aliphatic rings. The summed E-state index contributed by atoms with van der Waals surface area (Å²) in [6, 6.07) is 13.5. The van der Waals surface area contributed by atoms with Gasteiger partial charge in [0, 0.05) is 5.75 Å². The Morgan fingerprint density at radius 1 is 1.16 bits per heavy atom. The molecule has 0 fully saturated rings. The molecule has 1 N–H and O–H groups in total. The third-order valence-electron chi connectivity index (χ3n) is 3.62. The molecule has 0 unspecified atom stereocenters. The molecule has 0 spiro atoms. The fraction of sp³-hybridized carbons (Fsp3) is 0.0588. The Morgan fingerprint density at radius 3 is 2.84 bits per heavy atom. The molecule has 0 saturated heterocycles. The Morgan fingerprint density at radius 2 is 2.04 bits per heavy atom. The van der Waals surface area contributed by atoms with Crippen molar-refractivity contribution >= 4 is 22.7 Å². The van der Waals surface area contributed by atoms with Gasteiger partial charge in [-0.2, -0.15) is 10.1 Å². The number of thioether (sulfide) groups is 1. The summed E-state index contributed by atoms with van der Waals surface area (Å²) in [5, 5.41) is 7.46. The summed E-state index contributed by atoms with van der Waals surface area (Å²) in [5.41, 5.74) is 1.17. The van der Waals surface area contributed by atoms with Crippen molar-refractivity contribution in [3.8, 4) is 5.95 Å². The van der Waals surface area contributed by atoms with Crippen LogP contribution >= 0.6 is 11.8 Å². The number of nitrogens with one attached hydrogen (secondary N) is 1. The van der Waals surface area contributed by atoms with Crippen LogP contribution in [-0.4, -0.2) is 24.7 Å². The summed E-state index contributed by atoms with van der Waals surface area (Å²) < 4.78 is 14.8. The van der Waals surface area contributed by atoms with E-state index in [4.69, 9.17) is 0 Å². The van der Waals surface area contributed by atoms with Crippen LogP contribution in [0, 0.1) is 5.82 Å². The number of hydrogen-bond acceptors (Lipinski definition) is 5. The standard InChI is InChI=1S/C17H12FN5OS/c18-12-5-3-4-11(8-12)9-25-17-21-14-7-2-1-6-13(14)15(24)23(17)16-19-10-20-22-16/h1-8,10H,9H2,(H,19,20,22). The van der Waals surface area contributed by atoms with Crippen LogP contribution in [0.25, 0.3) is 16.9 Å². The average Bonchev–Trinajstić information content (AvgIpc) is 3.14. The van der Waals surface area contributed by atoms with E-state index in [1.54, 1.807) is 24.3 Å². The maximum absolute atomic E-state index is 13.4. The zero-order valence-electron chi connectivity index (χ0n) is 12.9. The van der Waals surface area contributed by atoms with Gasteiger partial charge in [0.05, 0.1) is 10.9 Å². The maximum atomic E-state index is 13.4. The number of hydrogen-bond donors (Lipinski definition) is 1. The Kier molecular flexibility index (Phi) is 4.02. The SMILES string of the molecule is O=c1c2ccccc2nc(SCc2cccc(F)c2)n1-c1ncn[nH]1. The monoisotopic (exact) mass is 353 g/mol. The molecular weight excluding hydrogens is 341 g/mol. The molecule has 124 valence electrons. The first-order valence-electron chi connectivity index (χ1n) is 7.47. The fourth-order valence-electron chi connectivity index (χ4n) is 2.48. The molecule has 2 aromatic heterocycles. The molecule has 0 bridgehead atoms. The zero-order valence-corrected chi connectivity index (χ0v) is 13.7. The molecule has 8 heteroatoms. The Hall–Kier alpha value is -3.00. The highest BCUT2D eigenvalue weighted by atomic mass is 32.2. The minimum absolute atomic E-state index is 0.232. The van der Waals surface area contributed by atoms with Gasteiger partial charge in [-0.25, -0.2) is 19.0 Å². The number of halogens is 1. The van der Waals surface area contributed by atoms with Crippen LogP contribution in [0.1, 0.15) is 5.56 Å². The van der Waals surface area contributed by atoms with E-state index in [-0.39, 0.29) is 11.4 Å². The highest BCUT2D eigenvalue weighted by Crippen LogP contribution is 2.23. The number of aromatic nitrogens is 5. The average molecular weight is 353 g/mol. The molecule has 6 nitrogen and oxygen atoms in total. The minimum Gasteiger partial charge on any atom is -0.268 e. The van der Waals surface area contributed by atoms with E-state index in [0.29, 0.717) is 27.8 Å². The molecule has 4 aromatic rings. The van der Waals surface area contributed by atoms with E-state index in [2.05, 4.69) is 20.2 Å². The van der Waals surface area contributed by atoms with Crippen molar-refractivity contribution in [2.75, 3.05) is 0 Å². The second-order valence-corrected chi connectivity index (χ2v) is 6.22. The smallest absolute Gasteiger partial charge is 0.268 e. The number of benzene rings is 2. The number of nitrogens with zero attached hydrogens (tertiary/aromatic N) is 4. The van der Waals surface area contributed by atoms with Crippen LogP contribution in [0.4, 0.5) is 4.39 Å². The quantitative estimate of drug-likeness (QED) is 0.451. The molecule has 0 aliphatic heterocycles. The number of fused-ring (bicyclic) bond motifs is 1. The minimum atomic E-state index is -0.294. The number of aromatic amines is 1. The Bertz CT molecular complexity index is 1090. The Labute approximate surface area is 145 Å². The topological polar surface area (TPSA) is 76.5 Å². The molecule has 0 saturated carbocycles. The lowest BCUT2D eigenvalue weighted by Gasteiger charge is -2.10. The predicted molar refractivity (Wildman–Crippen MR) is 93.2 cm³/mol. The summed E-state index contributed by atoms with van der Waals surface area (Å²) >= 11 is 1.33. The van der Waals surface area contributed by atoms with E-state index < -0.39 is 0 Å². The summed E-state index contributed by atoms with van der Waals surface area (Å²) in [5.74, 6) is 0.471. The second-order valence-electron chi connectivity index (χ2n) is 5.28. The maximum Gasteiger partial charge on any atom is 0.269 e. The molecular formula is C17H12FN5OS. The van der Waals surface area contributed by atoms with E-state index in [0.717, 1.165) is 5.56 Å². The van der Waals surface area contributed by atoms with Crippen molar-refractivity contribution in [2.45, 2.75) is 10.9 Å². The molecule has 0 amide bonds. The number of para-hydroxylation sites is 1. The first-order chi connectivity index (χ1) is 12.2. The van der Waals surface area contributed by atoms with Crippen molar-refractivity contribution < 1.29 is 4.39 Å². The van der Waals surface area contributed by atoms with Gasteiger partial charge in [0.15, 0.2) is 5.16 Å². The van der Waals surface area contributed by atoms with Crippen LogP contribution < -0.4 is 5.56 Å². The van der Waals surface area contributed by atoms with Gasteiger partial charge in [0.2, 0.25) is 5.95 Å². The number of rotatable bonds is 4. The summed E-state index contributed by atoms with van der Waals surface area (Å²) in [7, 11) is 0. The van der Waals surface area contributed by atoms with Crippen LogP contribution in [0.15, 0.2) is 64.8 Å². The summed E-state index contributed by atoms with van der Waals surface area (Å²) in [4.78, 5) is 21.5. The van der Waals surface area contributed by atoms with Gasteiger partial charge in [-0.1, -0.05) is 36.0 Å². The predicted octanol–water partition coefficient (Wildman–Crippen LogP) is 2.94. The normalized spacial score (nSPS) is 11.1. The van der Waals surface area contributed by atoms with Crippen molar-refractivity contribution in [2.24, 2.45) is 0 Å². The molecule has 2 heterocycles. The lowest BCUT2D eigenvalue weighted by molar-refractivity contribution is 0.626. The highest BCUT2D eigenvalue weighted by molar-refractivity contribution is 7.98. The summed E-state index contributed by atoms with van der Waals surface area (Å²) in [6.45, 7) is 0. The van der Waals surface area contributed by atoms with Crippen LogP contribution in [0.3, 0.4) is 0 Å². The summed E-state index contributed by atoms with van der Waals surface area (Å²) in [6.07, 6.45) is 1.33. The zero-order chi connectivity index (χ0) is 17.2. The van der Waals surface area contributed by atoms with Crippen molar-refractivity contribution in [3.05, 3.63) is 76.6 Å². The fourth-order valence-corrected chi connectivity index (χ4v) is 3.41. The first-order valence-corrected chi connectivity index (χ1v) is 8.46. The van der Waals surface area contributed by atoms with Gasteiger partial charge in [-0.05, 0) is 29.8 Å². The van der Waals surface area contributed by atoms with E-state index in [1.165, 1.54) is 34.8 Å². The number of H-pyrrole nitrogens is 1. The first kappa shape index (κ1) is 15.5. The van der Waals surface area contributed by atoms with E-state index in [9.17, 15) is 9.18 Å². The van der Waals surface area contributed by atoms with Gasteiger partial charge in [0.1, 0.15) is 12.1 Å². The van der Waals surface area contributed by atoms with Gasteiger partial charge in [-0.15, -0.1) is 0 Å². The highest BCUT2D eigenvalue weighted by Gasteiger charge is 2.15. The molecule has 0 atom stereocenters. The van der Waals surface area contributed by atoms with Crippen LogP contribution in [0.5, 0.6) is 0 Å². The van der Waals surface area contributed by atoms with Gasteiger partial charge < -0.3 is 0 Å². The molecule has 4 rings (SSSR count). The largest absolute Gasteiger partial charge is 0.269 e. The lowest BCUT2D eigenvalue weighted by Crippen LogP contribution is -2.22. The van der Waals surface area contributed by atoms with E-state index in [1.807, 2.05) is 12.1 Å². The van der Waals surface area contributed by atoms with Gasteiger partial charge >= 0.3 is 0 Å². The van der Waals surface area contributed by atoms with Gasteiger partial charge in [-0.3, -0.25) is 4.79 Å². The molecule has 2 aromatic carbocycles. The van der Waals surface area contributed by atoms with Crippen LogP contribution in [-0.2, 0) is 5.75 Å². The molecule has 0 radical (unpaired) electrons. The molecule has 0 aliphatic carbocycles. The lowest BCUT2D eigenvalue weighted by atomic mass is 10.2.